The lowest BCUT2D eigenvalue weighted by atomic mass is 10.2. The molecule has 0 aromatic heterocycles. The van der Waals surface area contributed by atoms with Crippen LogP contribution in [0.5, 0.6) is 11.5 Å². The fraction of sp³-hybridized carbons (Fsp3) is 0.0667. The summed E-state index contributed by atoms with van der Waals surface area (Å²) in [6, 6.07) is 4.51. The lowest BCUT2D eigenvalue weighted by Crippen LogP contribution is -2.21. The molecule has 24 heavy (non-hydrogen) atoms. The zero-order valence-corrected chi connectivity index (χ0v) is 11.8. The Morgan fingerprint density at radius 3 is 2.42 bits per heavy atom. The minimum absolute atomic E-state index is 0.282. The first-order chi connectivity index (χ1) is 11.3. The Hall–Kier alpha value is -3.23. The molecule has 2 rings (SSSR count). The number of aromatic hydroxyl groups is 2. The first kappa shape index (κ1) is 17.1. The highest BCUT2D eigenvalue weighted by atomic mass is 19.2. The average Bonchev–Trinajstić information content (AvgIpc) is 2.53. The Morgan fingerprint density at radius 2 is 1.75 bits per heavy atom. The third-order valence-electron chi connectivity index (χ3n) is 2.84. The van der Waals surface area contributed by atoms with Crippen molar-refractivity contribution < 1.29 is 37.7 Å². The second kappa shape index (κ2) is 6.90. The fourth-order valence-corrected chi connectivity index (χ4v) is 1.71. The highest BCUT2D eigenvalue weighted by molar-refractivity contribution is 5.96. The van der Waals surface area contributed by atoms with Gasteiger partial charge in [0.2, 0.25) is 0 Å². The maximum absolute atomic E-state index is 13.4. The van der Waals surface area contributed by atoms with E-state index in [1.54, 1.807) is 0 Å². The monoisotopic (exact) mass is 341 g/mol. The second-order valence-corrected chi connectivity index (χ2v) is 4.55. The predicted octanol–water partition coefficient (Wildman–Crippen LogP) is 2.31. The summed E-state index contributed by atoms with van der Waals surface area (Å²) in [7, 11) is 0. The van der Waals surface area contributed by atoms with Gasteiger partial charge in [-0.05, 0) is 24.3 Å². The maximum Gasteiger partial charge on any atom is 0.342 e. The molecule has 2 aromatic carbocycles. The van der Waals surface area contributed by atoms with Crippen LogP contribution in [0.15, 0.2) is 30.3 Å². The van der Waals surface area contributed by atoms with Crippen LogP contribution in [-0.2, 0) is 9.53 Å². The molecule has 0 heterocycles. The lowest BCUT2D eigenvalue weighted by Gasteiger charge is -2.09. The van der Waals surface area contributed by atoms with Gasteiger partial charge in [0, 0.05) is 6.07 Å². The Bertz CT molecular complexity index is 810. The first-order valence-electron chi connectivity index (χ1n) is 6.42. The third kappa shape index (κ3) is 3.75. The summed E-state index contributed by atoms with van der Waals surface area (Å²) in [5.41, 5.74) is -0.929. The normalized spacial score (nSPS) is 10.3. The molecule has 0 atom stereocenters. The Kier molecular flexibility index (Phi) is 4.93. The number of carbonyl (C=O) groups excluding carboxylic acids is 2. The molecule has 0 bridgehead atoms. The van der Waals surface area contributed by atoms with Crippen molar-refractivity contribution in [2.24, 2.45) is 0 Å². The summed E-state index contributed by atoms with van der Waals surface area (Å²) in [6.07, 6.45) is 0. The molecule has 3 N–H and O–H groups in total. The SMILES string of the molecule is O=C(COC(=O)c1ccc(O)cc1O)Nc1ccc(F)c(F)c1F. The molecular weight excluding hydrogens is 331 g/mol. The predicted molar refractivity (Wildman–Crippen MR) is 75.0 cm³/mol. The molecule has 9 heteroatoms. The number of phenols is 2. The zero-order valence-electron chi connectivity index (χ0n) is 11.8. The van der Waals surface area contributed by atoms with Crippen molar-refractivity contribution in [2.45, 2.75) is 0 Å². The third-order valence-corrected chi connectivity index (χ3v) is 2.84. The van der Waals surface area contributed by atoms with Gasteiger partial charge in [-0.1, -0.05) is 0 Å². The molecule has 0 saturated carbocycles. The van der Waals surface area contributed by atoms with E-state index in [4.69, 9.17) is 5.11 Å². The molecule has 0 fully saturated rings. The van der Waals surface area contributed by atoms with E-state index in [9.17, 15) is 27.9 Å². The summed E-state index contributed by atoms with van der Waals surface area (Å²) >= 11 is 0. The van der Waals surface area contributed by atoms with Crippen LogP contribution in [0, 0.1) is 17.5 Å². The summed E-state index contributed by atoms with van der Waals surface area (Å²) in [6.45, 7) is -0.864. The smallest absolute Gasteiger partial charge is 0.342 e. The van der Waals surface area contributed by atoms with Crippen molar-refractivity contribution in [1.82, 2.24) is 0 Å². The number of benzene rings is 2. The molecule has 0 aliphatic rings. The maximum atomic E-state index is 13.4. The minimum atomic E-state index is -1.75. The molecule has 6 nitrogen and oxygen atoms in total. The molecule has 0 spiro atoms. The van der Waals surface area contributed by atoms with Gasteiger partial charge in [-0.15, -0.1) is 0 Å². The fourth-order valence-electron chi connectivity index (χ4n) is 1.71. The van der Waals surface area contributed by atoms with Crippen molar-refractivity contribution in [3.8, 4) is 11.5 Å². The largest absolute Gasteiger partial charge is 0.508 e. The molecule has 0 unspecified atom stereocenters. The number of phenolic OH excluding ortho intramolecular Hbond substituents is 2. The van der Waals surface area contributed by atoms with E-state index in [2.05, 4.69) is 4.74 Å². The molecule has 0 aliphatic heterocycles. The number of ether oxygens (including phenoxy) is 1. The van der Waals surface area contributed by atoms with Crippen LogP contribution < -0.4 is 5.32 Å². The number of hydrogen-bond acceptors (Lipinski definition) is 5. The van der Waals surface area contributed by atoms with Crippen LogP contribution in [0.2, 0.25) is 0 Å². The van der Waals surface area contributed by atoms with Crippen molar-refractivity contribution in [2.75, 3.05) is 11.9 Å². The molecule has 2 aromatic rings. The Labute approximate surface area is 133 Å². The van der Waals surface area contributed by atoms with E-state index in [1.807, 2.05) is 5.32 Å². The molecule has 0 saturated heterocycles. The van der Waals surface area contributed by atoms with Gasteiger partial charge in [-0.2, -0.15) is 0 Å². The van der Waals surface area contributed by atoms with Gasteiger partial charge in [-0.3, -0.25) is 4.79 Å². The number of esters is 1. The van der Waals surface area contributed by atoms with E-state index in [1.165, 1.54) is 0 Å². The van der Waals surface area contributed by atoms with E-state index < -0.39 is 47.4 Å². The van der Waals surface area contributed by atoms with Gasteiger partial charge < -0.3 is 20.3 Å². The first-order valence-corrected chi connectivity index (χ1v) is 6.42. The van der Waals surface area contributed by atoms with Gasteiger partial charge in [-0.25, -0.2) is 18.0 Å². The van der Waals surface area contributed by atoms with E-state index in [0.29, 0.717) is 6.07 Å². The van der Waals surface area contributed by atoms with Crippen molar-refractivity contribution in [3.63, 3.8) is 0 Å². The van der Waals surface area contributed by atoms with Crippen molar-refractivity contribution in [1.29, 1.82) is 0 Å². The van der Waals surface area contributed by atoms with Crippen LogP contribution in [0.3, 0.4) is 0 Å². The minimum Gasteiger partial charge on any atom is -0.508 e. The van der Waals surface area contributed by atoms with Crippen molar-refractivity contribution in [3.05, 3.63) is 53.3 Å². The van der Waals surface area contributed by atoms with E-state index >= 15 is 0 Å². The molecule has 0 aliphatic carbocycles. The molecule has 1 amide bonds. The summed E-state index contributed by atoms with van der Waals surface area (Å²) in [5.74, 6) is -7.69. The van der Waals surface area contributed by atoms with Crippen LogP contribution in [0.4, 0.5) is 18.9 Å². The van der Waals surface area contributed by atoms with Gasteiger partial charge >= 0.3 is 5.97 Å². The number of rotatable bonds is 4. The molecule has 0 radical (unpaired) electrons. The standard InChI is InChI=1S/C15H10F3NO5/c16-9-3-4-10(14(18)13(9)17)19-12(22)6-24-15(23)8-2-1-7(20)5-11(8)21/h1-5,20-21H,6H2,(H,19,22). The Morgan fingerprint density at radius 1 is 1.04 bits per heavy atom. The number of halogens is 3. The van der Waals surface area contributed by atoms with Gasteiger partial charge in [0.1, 0.15) is 17.1 Å². The van der Waals surface area contributed by atoms with Crippen molar-refractivity contribution >= 4 is 17.6 Å². The number of anilines is 1. The van der Waals surface area contributed by atoms with Gasteiger partial charge in [0.25, 0.3) is 5.91 Å². The second-order valence-electron chi connectivity index (χ2n) is 4.55. The number of carbonyl (C=O) groups is 2. The van der Waals surface area contributed by atoms with Gasteiger partial charge in [0.15, 0.2) is 24.1 Å². The summed E-state index contributed by atoms with van der Waals surface area (Å²) in [4.78, 5) is 23.2. The summed E-state index contributed by atoms with van der Waals surface area (Å²) < 4.78 is 43.8. The Balaban J connectivity index is 1.98. The summed E-state index contributed by atoms with van der Waals surface area (Å²) in [5, 5.41) is 20.5. The van der Waals surface area contributed by atoms with Gasteiger partial charge in [0.05, 0.1) is 5.69 Å². The van der Waals surface area contributed by atoms with Crippen LogP contribution in [0.1, 0.15) is 10.4 Å². The molecule has 126 valence electrons. The topological polar surface area (TPSA) is 95.9 Å². The molecular formula is C15H10F3NO5. The van der Waals surface area contributed by atoms with E-state index in [0.717, 1.165) is 24.3 Å². The van der Waals surface area contributed by atoms with Crippen LogP contribution in [0.25, 0.3) is 0 Å². The number of amides is 1. The average molecular weight is 341 g/mol. The zero-order chi connectivity index (χ0) is 17.9. The van der Waals surface area contributed by atoms with E-state index in [-0.39, 0.29) is 11.3 Å². The van der Waals surface area contributed by atoms with Crippen LogP contribution >= 0.6 is 0 Å². The highest BCUT2D eigenvalue weighted by Gasteiger charge is 2.18. The quantitative estimate of drug-likeness (QED) is 0.586. The highest BCUT2D eigenvalue weighted by Crippen LogP contribution is 2.23. The lowest BCUT2D eigenvalue weighted by molar-refractivity contribution is -0.119. The van der Waals surface area contributed by atoms with Crippen LogP contribution in [-0.4, -0.2) is 28.7 Å². The number of hydrogen-bond donors (Lipinski definition) is 3. The number of nitrogens with one attached hydrogen (secondary N) is 1.